The summed E-state index contributed by atoms with van der Waals surface area (Å²) in [5.74, 6) is -1.30. The van der Waals surface area contributed by atoms with Crippen molar-refractivity contribution in [1.82, 2.24) is 18.6 Å². The molecular weight excluding hydrogens is 284 g/mol. The third-order valence-electron chi connectivity index (χ3n) is 2.93. The van der Waals surface area contributed by atoms with E-state index in [1.807, 2.05) is 0 Å². The smallest absolute Gasteiger partial charge is 0.265 e. The van der Waals surface area contributed by atoms with Crippen LogP contribution in [0.1, 0.15) is 12.8 Å². The molecule has 0 atom stereocenters. The van der Waals surface area contributed by atoms with Gasteiger partial charge in [0.15, 0.2) is 0 Å². The summed E-state index contributed by atoms with van der Waals surface area (Å²) < 4.78 is 2.59. The molecule has 0 spiro atoms. The van der Waals surface area contributed by atoms with Crippen molar-refractivity contribution in [2.45, 2.75) is 12.8 Å². The molecule has 0 saturated carbocycles. The van der Waals surface area contributed by atoms with Crippen molar-refractivity contribution < 1.29 is 19.2 Å². The van der Waals surface area contributed by atoms with E-state index in [0.29, 0.717) is 0 Å². The number of hydrogen-bond acceptors (Lipinski definition) is 7. The lowest BCUT2D eigenvalue weighted by molar-refractivity contribution is -0.153. The first-order chi connectivity index (χ1) is 9.56. The lowest BCUT2D eigenvalue weighted by Gasteiger charge is -2.27. The van der Waals surface area contributed by atoms with E-state index in [1.54, 1.807) is 16.7 Å². The molecule has 104 valence electrons. The minimum atomic E-state index is -0.403. The van der Waals surface area contributed by atoms with Crippen LogP contribution in [-0.4, -0.2) is 48.9 Å². The highest BCUT2D eigenvalue weighted by Gasteiger charge is 2.36. The molecule has 0 radical (unpaired) electrons. The van der Waals surface area contributed by atoms with Crippen molar-refractivity contribution in [2.24, 2.45) is 0 Å². The highest BCUT2D eigenvalue weighted by Crippen LogP contribution is 2.27. The van der Waals surface area contributed by atoms with Gasteiger partial charge in [-0.25, -0.2) is 0 Å². The van der Waals surface area contributed by atoms with E-state index in [2.05, 4.69) is 0 Å². The van der Waals surface area contributed by atoms with Crippen molar-refractivity contribution in [2.75, 3.05) is 6.67 Å². The van der Waals surface area contributed by atoms with Gasteiger partial charge in [0.2, 0.25) is 11.8 Å². The number of amides is 4. The van der Waals surface area contributed by atoms with Crippen molar-refractivity contribution >= 4 is 35.8 Å². The van der Waals surface area contributed by atoms with Crippen molar-refractivity contribution in [3.8, 4) is 0 Å². The molecular formula is C11H10N4O4S. The van der Waals surface area contributed by atoms with Gasteiger partial charge < -0.3 is 0 Å². The molecule has 1 saturated heterocycles. The summed E-state index contributed by atoms with van der Waals surface area (Å²) >= 11 is 0.923. The lowest BCUT2D eigenvalue weighted by Crippen LogP contribution is -2.43. The number of carbonyl (C=O) groups is 4. The zero-order valence-electron chi connectivity index (χ0n) is 10.3. The fourth-order valence-electron chi connectivity index (χ4n) is 1.99. The Morgan fingerprint density at radius 3 is 2.10 bits per heavy atom. The molecule has 0 unspecified atom stereocenters. The van der Waals surface area contributed by atoms with Crippen LogP contribution < -0.4 is 0 Å². The molecule has 0 aliphatic carbocycles. The first-order valence-corrected chi connectivity index (χ1v) is 6.61. The van der Waals surface area contributed by atoms with Crippen LogP contribution in [0.3, 0.4) is 0 Å². The first kappa shape index (κ1) is 12.7. The van der Waals surface area contributed by atoms with Crippen LogP contribution >= 0.6 is 12.1 Å². The topological polar surface area (TPSA) is 81.2 Å². The number of rotatable bonds is 3. The van der Waals surface area contributed by atoms with Gasteiger partial charge in [-0.1, -0.05) is 0 Å². The molecule has 3 aliphatic rings. The van der Waals surface area contributed by atoms with Gasteiger partial charge in [0.25, 0.3) is 11.8 Å². The Balaban J connectivity index is 1.62. The SMILES string of the molecule is O=C1C=CC(=O)N1SN1C=CN(N2C(=O)CCC2=O)C1. The Hall–Kier alpha value is -2.29. The van der Waals surface area contributed by atoms with E-state index in [1.165, 1.54) is 17.2 Å². The summed E-state index contributed by atoms with van der Waals surface area (Å²) in [4.78, 5) is 46.1. The predicted octanol–water partition coefficient (Wildman–Crippen LogP) is -0.415. The second kappa shape index (κ2) is 4.67. The molecule has 0 aromatic heterocycles. The van der Waals surface area contributed by atoms with Gasteiger partial charge in [-0.2, -0.15) is 9.31 Å². The molecule has 3 rings (SSSR count). The summed E-state index contributed by atoms with van der Waals surface area (Å²) in [6, 6.07) is 0. The quantitative estimate of drug-likeness (QED) is 0.517. The van der Waals surface area contributed by atoms with Crippen LogP contribution in [0.5, 0.6) is 0 Å². The molecule has 9 heteroatoms. The summed E-state index contributed by atoms with van der Waals surface area (Å²) in [5, 5.41) is 2.55. The Bertz CT molecular complexity index is 539. The van der Waals surface area contributed by atoms with Crippen LogP contribution in [0.25, 0.3) is 0 Å². The monoisotopic (exact) mass is 294 g/mol. The van der Waals surface area contributed by atoms with Gasteiger partial charge in [0.05, 0.1) is 12.1 Å². The average molecular weight is 294 g/mol. The maximum absolute atomic E-state index is 11.6. The van der Waals surface area contributed by atoms with Crippen LogP contribution in [0.2, 0.25) is 0 Å². The van der Waals surface area contributed by atoms with E-state index >= 15 is 0 Å². The number of hydrazine groups is 1. The first-order valence-electron chi connectivity index (χ1n) is 5.88. The van der Waals surface area contributed by atoms with Crippen LogP contribution in [0.15, 0.2) is 24.6 Å². The normalized spacial score (nSPS) is 22.2. The van der Waals surface area contributed by atoms with E-state index in [4.69, 9.17) is 0 Å². The fourth-order valence-corrected chi connectivity index (χ4v) is 2.77. The van der Waals surface area contributed by atoms with Crippen molar-refractivity contribution in [1.29, 1.82) is 0 Å². The van der Waals surface area contributed by atoms with Crippen LogP contribution in [0.4, 0.5) is 0 Å². The van der Waals surface area contributed by atoms with Gasteiger partial charge in [0, 0.05) is 37.4 Å². The number of carbonyl (C=O) groups excluding carboxylic acids is 4. The number of imide groups is 2. The maximum Gasteiger partial charge on any atom is 0.265 e. The van der Waals surface area contributed by atoms with E-state index in [9.17, 15) is 19.2 Å². The highest BCUT2D eigenvalue weighted by molar-refractivity contribution is 7.95. The van der Waals surface area contributed by atoms with Gasteiger partial charge in [0.1, 0.15) is 6.67 Å². The molecule has 0 aromatic carbocycles. The Morgan fingerprint density at radius 1 is 0.900 bits per heavy atom. The third kappa shape index (κ3) is 2.05. The van der Waals surface area contributed by atoms with Crippen LogP contribution in [0, 0.1) is 0 Å². The number of hydrogen-bond donors (Lipinski definition) is 0. The van der Waals surface area contributed by atoms with E-state index in [-0.39, 0.29) is 31.3 Å². The Labute approximate surface area is 118 Å². The summed E-state index contributed by atoms with van der Waals surface area (Å²) in [7, 11) is 0. The molecule has 1 fully saturated rings. The summed E-state index contributed by atoms with van der Waals surface area (Å²) in [6.45, 7) is 0.208. The Morgan fingerprint density at radius 2 is 1.50 bits per heavy atom. The zero-order valence-corrected chi connectivity index (χ0v) is 11.1. The highest BCUT2D eigenvalue weighted by atomic mass is 32.2. The molecule has 3 aliphatic heterocycles. The minimum absolute atomic E-state index is 0.208. The lowest BCUT2D eigenvalue weighted by atomic mass is 10.4. The van der Waals surface area contributed by atoms with Gasteiger partial charge in [-0.15, -0.1) is 0 Å². The molecule has 20 heavy (non-hydrogen) atoms. The Kier molecular flexibility index (Phi) is 2.97. The maximum atomic E-state index is 11.6. The molecule has 8 nitrogen and oxygen atoms in total. The van der Waals surface area contributed by atoms with Crippen molar-refractivity contribution in [3.05, 3.63) is 24.6 Å². The minimum Gasteiger partial charge on any atom is -0.283 e. The third-order valence-corrected chi connectivity index (χ3v) is 3.90. The largest absolute Gasteiger partial charge is 0.283 e. The van der Waals surface area contributed by atoms with Crippen LogP contribution in [-0.2, 0) is 19.2 Å². The van der Waals surface area contributed by atoms with E-state index in [0.717, 1.165) is 21.4 Å². The summed E-state index contributed by atoms with van der Waals surface area (Å²) in [5.41, 5.74) is 0. The second-order valence-corrected chi connectivity index (χ2v) is 5.28. The zero-order chi connectivity index (χ0) is 14.3. The van der Waals surface area contributed by atoms with Gasteiger partial charge in [-0.05, 0) is 0 Å². The van der Waals surface area contributed by atoms with Crippen molar-refractivity contribution in [3.63, 3.8) is 0 Å². The van der Waals surface area contributed by atoms with Gasteiger partial charge in [-0.3, -0.25) is 28.5 Å². The molecule has 0 N–H and O–H groups in total. The van der Waals surface area contributed by atoms with Gasteiger partial charge >= 0.3 is 0 Å². The molecule has 4 amide bonds. The molecule has 0 bridgehead atoms. The predicted molar refractivity (Wildman–Crippen MR) is 67.4 cm³/mol. The second-order valence-electron chi connectivity index (χ2n) is 4.28. The average Bonchev–Trinajstić information content (AvgIpc) is 3.07. The molecule has 0 aromatic rings. The molecule has 3 heterocycles. The fraction of sp³-hybridized carbons (Fsp3) is 0.273. The van der Waals surface area contributed by atoms with E-state index < -0.39 is 11.8 Å². The number of nitrogens with zero attached hydrogens (tertiary/aromatic N) is 4. The standard InChI is InChI=1S/C11H10N4O4S/c16-8-1-2-9(17)14(8)12-5-6-13(7-12)20-15-10(18)3-4-11(15)19/h3-6H,1-2,7H2. The summed E-state index contributed by atoms with van der Waals surface area (Å²) in [6.07, 6.45) is 5.97.